The van der Waals surface area contributed by atoms with Crippen molar-refractivity contribution in [3.05, 3.63) is 54.1 Å². The molecule has 160 valence electrons. The molecule has 1 fully saturated rings. The van der Waals surface area contributed by atoms with Gasteiger partial charge in [0.1, 0.15) is 5.75 Å². The number of amides is 2. The average Bonchev–Trinajstić information content (AvgIpc) is 2.79. The first-order valence-corrected chi connectivity index (χ1v) is 10.7. The maximum Gasteiger partial charge on any atom is 0.255 e. The van der Waals surface area contributed by atoms with E-state index in [2.05, 4.69) is 17.1 Å². The number of hydrogen-bond acceptors (Lipinski definition) is 4. The Kier molecular flexibility index (Phi) is 7.33. The monoisotopic (exact) mass is 409 g/mol. The predicted octanol–water partition coefficient (Wildman–Crippen LogP) is 4.17. The number of anilines is 2. The average molecular weight is 410 g/mol. The van der Waals surface area contributed by atoms with E-state index in [1.165, 1.54) is 0 Å². The first-order valence-electron chi connectivity index (χ1n) is 10.7. The van der Waals surface area contributed by atoms with Gasteiger partial charge >= 0.3 is 0 Å². The van der Waals surface area contributed by atoms with Crippen LogP contribution < -0.4 is 15.0 Å². The number of nitrogens with zero attached hydrogens (tertiary/aromatic N) is 2. The first-order chi connectivity index (χ1) is 14.5. The Morgan fingerprint density at radius 3 is 2.17 bits per heavy atom. The number of rotatable bonds is 7. The quantitative estimate of drug-likeness (QED) is 0.745. The summed E-state index contributed by atoms with van der Waals surface area (Å²) in [6.45, 7) is 9.14. The van der Waals surface area contributed by atoms with Crippen LogP contribution in [0.5, 0.6) is 5.75 Å². The summed E-state index contributed by atoms with van der Waals surface area (Å²) in [4.78, 5) is 28.5. The molecule has 0 unspecified atom stereocenters. The topological polar surface area (TPSA) is 61.9 Å². The smallest absolute Gasteiger partial charge is 0.255 e. The highest BCUT2D eigenvalue weighted by molar-refractivity contribution is 6.04. The molecule has 1 saturated heterocycles. The summed E-state index contributed by atoms with van der Waals surface area (Å²) >= 11 is 0. The maximum atomic E-state index is 12.5. The van der Waals surface area contributed by atoms with E-state index in [0.29, 0.717) is 12.0 Å². The normalized spacial score (nSPS) is 14.9. The summed E-state index contributed by atoms with van der Waals surface area (Å²) in [5.41, 5.74) is 2.44. The Morgan fingerprint density at radius 1 is 0.967 bits per heavy atom. The van der Waals surface area contributed by atoms with E-state index >= 15 is 0 Å². The summed E-state index contributed by atoms with van der Waals surface area (Å²) in [5.74, 6) is 0.836. The lowest BCUT2D eigenvalue weighted by Crippen LogP contribution is -2.48. The largest absolute Gasteiger partial charge is 0.491 e. The predicted molar refractivity (Wildman–Crippen MR) is 120 cm³/mol. The molecule has 2 amide bonds. The summed E-state index contributed by atoms with van der Waals surface area (Å²) in [6, 6.07) is 15.1. The van der Waals surface area contributed by atoms with Crippen LogP contribution in [-0.2, 0) is 4.79 Å². The molecule has 1 aliphatic rings. The highest BCUT2D eigenvalue weighted by Crippen LogP contribution is 2.21. The third-order valence-electron chi connectivity index (χ3n) is 5.45. The van der Waals surface area contributed by atoms with Crippen molar-refractivity contribution in [3.8, 4) is 5.75 Å². The number of benzene rings is 2. The Morgan fingerprint density at radius 2 is 1.60 bits per heavy atom. The second kappa shape index (κ2) is 10.1. The van der Waals surface area contributed by atoms with Gasteiger partial charge in [-0.25, -0.2) is 0 Å². The second-order valence-corrected chi connectivity index (χ2v) is 7.58. The van der Waals surface area contributed by atoms with Gasteiger partial charge in [-0.2, -0.15) is 0 Å². The fourth-order valence-electron chi connectivity index (χ4n) is 3.40. The van der Waals surface area contributed by atoms with Crippen LogP contribution in [0.4, 0.5) is 11.4 Å². The van der Waals surface area contributed by atoms with Gasteiger partial charge in [0, 0.05) is 49.5 Å². The van der Waals surface area contributed by atoms with Gasteiger partial charge in [0.2, 0.25) is 5.91 Å². The zero-order valence-corrected chi connectivity index (χ0v) is 18.1. The molecule has 3 rings (SSSR count). The standard InChI is InChI=1S/C24H31N3O3/c1-4-18(3)30-22-12-6-19(7-13-22)24(29)25-20-8-10-21(11-9-20)26-14-16-27(17-15-26)23(28)5-2/h6-13,18H,4-5,14-17H2,1-3H3,(H,25,29)/t18-/m0/s1. The van der Waals surface area contributed by atoms with Gasteiger partial charge in [0.05, 0.1) is 6.10 Å². The fourth-order valence-corrected chi connectivity index (χ4v) is 3.40. The molecule has 2 aromatic carbocycles. The Labute approximate surface area is 178 Å². The maximum absolute atomic E-state index is 12.5. The summed E-state index contributed by atoms with van der Waals surface area (Å²) in [7, 11) is 0. The van der Waals surface area contributed by atoms with Crippen LogP contribution in [0.1, 0.15) is 44.0 Å². The van der Waals surface area contributed by atoms with Crippen LogP contribution in [0.25, 0.3) is 0 Å². The molecule has 6 heteroatoms. The van der Waals surface area contributed by atoms with E-state index in [1.54, 1.807) is 12.1 Å². The molecule has 0 aliphatic carbocycles. The molecule has 1 aliphatic heterocycles. The zero-order chi connectivity index (χ0) is 21.5. The van der Waals surface area contributed by atoms with Crippen molar-refractivity contribution in [2.45, 2.75) is 39.7 Å². The minimum Gasteiger partial charge on any atom is -0.491 e. The Balaban J connectivity index is 1.54. The SMILES string of the molecule is CCC(=O)N1CCN(c2ccc(NC(=O)c3ccc(O[C@@H](C)CC)cc3)cc2)CC1. The molecule has 0 spiro atoms. The third kappa shape index (κ3) is 5.53. The van der Waals surface area contributed by atoms with Crippen LogP contribution in [0.2, 0.25) is 0 Å². The van der Waals surface area contributed by atoms with Crippen molar-refractivity contribution >= 4 is 23.2 Å². The van der Waals surface area contributed by atoms with Crippen LogP contribution in [0, 0.1) is 0 Å². The molecule has 0 radical (unpaired) electrons. The van der Waals surface area contributed by atoms with E-state index in [1.807, 2.05) is 55.1 Å². The van der Waals surface area contributed by atoms with Gasteiger partial charge < -0.3 is 19.9 Å². The molecular weight excluding hydrogens is 378 g/mol. The lowest BCUT2D eigenvalue weighted by atomic mass is 10.2. The molecule has 1 heterocycles. The van der Waals surface area contributed by atoms with Crippen LogP contribution >= 0.6 is 0 Å². The highest BCUT2D eigenvalue weighted by atomic mass is 16.5. The van der Waals surface area contributed by atoms with Crippen molar-refractivity contribution in [2.75, 3.05) is 36.4 Å². The van der Waals surface area contributed by atoms with Gasteiger partial charge in [-0.05, 0) is 61.9 Å². The molecule has 0 bridgehead atoms. The number of nitrogens with one attached hydrogen (secondary N) is 1. The summed E-state index contributed by atoms with van der Waals surface area (Å²) in [6.07, 6.45) is 1.64. The van der Waals surface area contributed by atoms with Crippen molar-refractivity contribution in [2.24, 2.45) is 0 Å². The first kappa shape index (κ1) is 21.7. The minimum absolute atomic E-state index is 0.149. The van der Waals surface area contributed by atoms with Gasteiger partial charge in [-0.3, -0.25) is 9.59 Å². The van der Waals surface area contributed by atoms with E-state index < -0.39 is 0 Å². The summed E-state index contributed by atoms with van der Waals surface area (Å²) < 4.78 is 5.76. The molecule has 30 heavy (non-hydrogen) atoms. The van der Waals surface area contributed by atoms with Gasteiger partial charge in [-0.15, -0.1) is 0 Å². The van der Waals surface area contributed by atoms with Crippen molar-refractivity contribution in [1.29, 1.82) is 0 Å². The van der Waals surface area contributed by atoms with E-state index in [-0.39, 0.29) is 17.9 Å². The minimum atomic E-state index is -0.149. The molecule has 0 saturated carbocycles. The van der Waals surface area contributed by atoms with Gasteiger partial charge in [0.15, 0.2) is 0 Å². The highest BCUT2D eigenvalue weighted by Gasteiger charge is 2.20. The van der Waals surface area contributed by atoms with Gasteiger partial charge in [0.25, 0.3) is 5.91 Å². The van der Waals surface area contributed by atoms with Crippen molar-refractivity contribution in [3.63, 3.8) is 0 Å². The van der Waals surface area contributed by atoms with E-state index in [0.717, 1.165) is 49.7 Å². The lowest BCUT2D eigenvalue weighted by molar-refractivity contribution is -0.131. The fraction of sp³-hybridized carbons (Fsp3) is 0.417. The lowest BCUT2D eigenvalue weighted by Gasteiger charge is -2.36. The molecule has 1 N–H and O–H groups in total. The van der Waals surface area contributed by atoms with Crippen LogP contribution in [0.15, 0.2) is 48.5 Å². The van der Waals surface area contributed by atoms with E-state index in [9.17, 15) is 9.59 Å². The van der Waals surface area contributed by atoms with Crippen molar-refractivity contribution < 1.29 is 14.3 Å². The molecule has 1 atom stereocenters. The summed E-state index contributed by atoms with van der Waals surface area (Å²) in [5, 5.41) is 2.94. The number of hydrogen-bond donors (Lipinski definition) is 1. The number of ether oxygens (including phenoxy) is 1. The molecule has 2 aromatic rings. The zero-order valence-electron chi connectivity index (χ0n) is 18.1. The van der Waals surface area contributed by atoms with Crippen molar-refractivity contribution in [1.82, 2.24) is 4.90 Å². The van der Waals surface area contributed by atoms with E-state index in [4.69, 9.17) is 4.74 Å². The Bertz CT molecular complexity index is 841. The van der Waals surface area contributed by atoms with Gasteiger partial charge in [-0.1, -0.05) is 13.8 Å². The van der Waals surface area contributed by atoms with Crippen LogP contribution in [-0.4, -0.2) is 49.0 Å². The third-order valence-corrected chi connectivity index (χ3v) is 5.45. The number of piperazine rings is 1. The number of carbonyl (C=O) groups is 2. The second-order valence-electron chi connectivity index (χ2n) is 7.58. The molecule has 0 aromatic heterocycles. The van der Waals surface area contributed by atoms with Crippen LogP contribution in [0.3, 0.4) is 0 Å². The number of carbonyl (C=O) groups excluding carboxylic acids is 2. The molecule has 6 nitrogen and oxygen atoms in total. The Hall–Kier alpha value is -3.02. The molecular formula is C24H31N3O3.